The van der Waals surface area contributed by atoms with E-state index in [1.165, 1.54) is 4.31 Å². The van der Waals surface area contributed by atoms with E-state index in [0.717, 1.165) is 0 Å². The van der Waals surface area contributed by atoms with E-state index in [1.54, 1.807) is 53.6 Å². The van der Waals surface area contributed by atoms with Crippen LogP contribution in [0.5, 0.6) is 0 Å². The SMILES string of the molecule is O=C(c1ccccc1)N1CCN(S(=O)(=O)c2cccc(-c3ccco3)c2)CC1. The minimum Gasteiger partial charge on any atom is -0.464 e. The molecular weight excluding hydrogens is 376 g/mol. The third-order valence-electron chi connectivity index (χ3n) is 4.82. The maximum absolute atomic E-state index is 13.0. The summed E-state index contributed by atoms with van der Waals surface area (Å²) >= 11 is 0. The Bertz CT molecular complexity index is 1050. The van der Waals surface area contributed by atoms with E-state index >= 15 is 0 Å². The van der Waals surface area contributed by atoms with Gasteiger partial charge in [0.2, 0.25) is 10.0 Å². The van der Waals surface area contributed by atoms with Gasteiger partial charge in [-0.15, -0.1) is 0 Å². The number of amides is 1. The standard InChI is InChI=1S/C21H20N2O4S/c24-21(17-6-2-1-3-7-17)22-11-13-23(14-12-22)28(25,26)19-9-4-8-18(16-19)20-10-5-15-27-20/h1-10,15-16H,11-14H2. The van der Waals surface area contributed by atoms with Crippen LogP contribution in [0.4, 0.5) is 0 Å². The Morgan fingerprint density at radius 1 is 0.857 bits per heavy atom. The number of rotatable bonds is 4. The zero-order valence-corrected chi connectivity index (χ0v) is 16.0. The number of benzene rings is 2. The van der Waals surface area contributed by atoms with E-state index in [9.17, 15) is 13.2 Å². The number of piperazine rings is 1. The van der Waals surface area contributed by atoms with E-state index in [0.29, 0.717) is 30.0 Å². The van der Waals surface area contributed by atoms with Gasteiger partial charge in [-0.2, -0.15) is 4.31 Å². The number of furan rings is 1. The van der Waals surface area contributed by atoms with Crippen molar-refractivity contribution in [3.63, 3.8) is 0 Å². The van der Waals surface area contributed by atoms with Gasteiger partial charge in [-0.05, 0) is 36.4 Å². The van der Waals surface area contributed by atoms with Crippen LogP contribution in [-0.4, -0.2) is 49.7 Å². The molecule has 1 saturated heterocycles. The Balaban J connectivity index is 1.48. The topological polar surface area (TPSA) is 70.8 Å². The first kappa shape index (κ1) is 18.5. The molecule has 6 nitrogen and oxygen atoms in total. The molecular formula is C21H20N2O4S. The molecule has 0 bridgehead atoms. The minimum absolute atomic E-state index is 0.0718. The monoisotopic (exact) mass is 396 g/mol. The van der Waals surface area contributed by atoms with Gasteiger partial charge in [0.1, 0.15) is 5.76 Å². The fourth-order valence-corrected chi connectivity index (χ4v) is 4.77. The summed E-state index contributed by atoms with van der Waals surface area (Å²) in [6, 6.07) is 19.3. The molecule has 0 unspecified atom stereocenters. The lowest BCUT2D eigenvalue weighted by Gasteiger charge is -2.34. The number of hydrogen-bond donors (Lipinski definition) is 0. The largest absolute Gasteiger partial charge is 0.464 e. The molecule has 1 fully saturated rings. The lowest BCUT2D eigenvalue weighted by atomic mass is 10.2. The summed E-state index contributed by atoms with van der Waals surface area (Å²) in [6.45, 7) is 1.27. The third kappa shape index (κ3) is 3.58. The lowest BCUT2D eigenvalue weighted by Crippen LogP contribution is -2.50. The molecule has 2 aromatic carbocycles. The Morgan fingerprint density at radius 2 is 1.61 bits per heavy atom. The van der Waals surface area contributed by atoms with Crippen LogP contribution in [0.2, 0.25) is 0 Å². The zero-order chi connectivity index (χ0) is 19.6. The highest BCUT2D eigenvalue weighted by Crippen LogP contribution is 2.25. The molecule has 28 heavy (non-hydrogen) atoms. The Kier molecular flexibility index (Phi) is 5.02. The number of hydrogen-bond acceptors (Lipinski definition) is 4. The summed E-state index contributed by atoms with van der Waals surface area (Å²) in [5, 5.41) is 0. The molecule has 3 aromatic rings. The molecule has 0 spiro atoms. The van der Waals surface area contributed by atoms with Gasteiger partial charge in [-0.3, -0.25) is 4.79 Å². The first-order valence-electron chi connectivity index (χ1n) is 9.04. The van der Waals surface area contributed by atoms with Crippen molar-refractivity contribution in [2.75, 3.05) is 26.2 Å². The molecule has 4 rings (SSSR count). The second-order valence-corrected chi connectivity index (χ2v) is 8.51. The predicted octanol–water partition coefficient (Wildman–Crippen LogP) is 3.09. The Hall–Kier alpha value is -2.90. The molecule has 1 amide bonds. The maximum atomic E-state index is 13.0. The van der Waals surface area contributed by atoms with Gasteiger partial charge in [0.25, 0.3) is 5.91 Å². The van der Waals surface area contributed by atoms with Crippen molar-refractivity contribution >= 4 is 15.9 Å². The fourth-order valence-electron chi connectivity index (χ4n) is 3.30. The second kappa shape index (κ2) is 7.61. The molecule has 1 aliphatic heterocycles. The van der Waals surface area contributed by atoms with Crippen molar-refractivity contribution in [1.82, 2.24) is 9.21 Å². The van der Waals surface area contributed by atoms with Crippen LogP contribution in [0.1, 0.15) is 10.4 Å². The van der Waals surface area contributed by atoms with Crippen LogP contribution in [-0.2, 0) is 10.0 Å². The summed E-state index contributed by atoms with van der Waals surface area (Å²) in [6.07, 6.45) is 1.56. The number of carbonyl (C=O) groups excluding carboxylic acids is 1. The molecule has 1 aromatic heterocycles. The molecule has 1 aliphatic rings. The number of nitrogens with zero attached hydrogens (tertiary/aromatic N) is 2. The molecule has 2 heterocycles. The third-order valence-corrected chi connectivity index (χ3v) is 6.72. The van der Waals surface area contributed by atoms with Gasteiger partial charge >= 0.3 is 0 Å². The van der Waals surface area contributed by atoms with Crippen LogP contribution in [0.15, 0.2) is 82.3 Å². The summed E-state index contributed by atoms with van der Waals surface area (Å²) in [7, 11) is -3.64. The molecule has 7 heteroatoms. The smallest absolute Gasteiger partial charge is 0.253 e. The Labute approximate surface area is 164 Å². The van der Waals surface area contributed by atoms with E-state index < -0.39 is 10.0 Å². The normalized spacial score (nSPS) is 15.5. The quantitative estimate of drug-likeness (QED) is 0.679. The van der Waals surface area contributed by atoms with Crippen molar-refractivity contribution in [2.24, 2.45) is 0 Å². The highest BCUT2D eigenvalue weighted by atomic mass is 32.2. The molecule has 0 saturated carbocycles. The van der Waals surface area contributed by atoms with E-state index in [4.69, 9.17) is 4.42 Å². The van der Waals surface area contributed by atoms with Gasteiger partial charge in [-0.1, -0.05) is 30.3 Å². The predicted molar refractivity (Wildman–Crippen MR) is 105 cm³/mol. The minimum atomic E-state index is -3.64. The Morgan fingerprint density at radius 3 is 2.29 bits per heavy atom. The highest BCUT2D eigenvalue weighted by Gasteiger charge is 2.30. The number of sulfonamides is 1. The van der Waals surface area contributed by atoms with Gasteiger partial charge in [0.05, 0.1) is 11.2 Å². The van der Waals surface area contributed by atoms with Crippen molar-refractivity contribution < 1.29 is 17.6 Å². The van der Waals surface area contributed by atoms with Crippen molar-refractivity contribution in [2.45, 2.75) is 4.90 Å². The molecule has 0 aliphatic carbocycles. The van der Waals surface area contributed by atoms with Crippen LogP contribution in [0.25, 0.3) is 11.3 Å². The van der Waals surface area contributed by atoms with Crippen molar-refractivity contribution in [1.29, 1.82) is 0 Å². The van der Waals surface area contributed by atoms with Gasteiger partial charge in [0, 0.05) is 37.3 Å². The molecule has 0 atom stereocenters. The summed E-state index contributed by atoms with van der Waals surface area (Å²) < 4.78 is 32.9. The summed E-state index contributed by atoms with van der Waals surface area (Å²) in [4.78, 5) is 14.5. The van der Waals surface area contributed by atoms with Crippen molar-refractivity contribution in [3.05, 3.63) is 78.6 Å². The second-order valence-electron chi connectivity index (χ2n) is 6.57. The fraction of sp³-hybridized carbons (Fsp3) is 0.190. The van der Waals surface area contributed by atoms with Crippen LogP contribution in [0.3, 0.4) is 0 Å². The maximum Gasteiger partial charge on any atom is 0.253 e. The van der Waals surface area contributed by atoms with E-state index in [1.807, 2.05) is 24.3 Å². The van der Waals surface area contributed by atoms with Gasteiger partial charge in [-0.25, -0.2) is 8.42 Å². The van der Waals surface area contributed by atoms with Gasteiger partial charge in [0.15, 0.2) is 0 Å². The van der Waals surface area contributed by atoms with Crippen LogP contribution >= 0.6 is 0 Å². The first-order valence-corrected chi connectivity index (χ1v) is 10.5. The lowest BCUT2D eigenvalue weighted by molar-refractivity contribution is 0.0698. The summed E-state index contributed by atoms with van der Waals surface area (Å²) in [5.74, 6) is 0.549. The molecule has 144 valence electrons. The average molecular weight is 396 g/mol. The zero-order valence-electron chi connectivity index (χ0n) is 15.2. The molecule has 0 radical (unpaired) electrons. The van der Waals surface area contributed by atoms with E-state index in [2.05, 4.69) is 0 Å². The summed E-state index contributed by atoms with van der Waals surface area (Å²) in [5.41, 5.74) is 1.33. The average Bonchev–Trinajstić information content (AvgIpc) is 3.29. The highest BCUT2D eigenvalue weighted by molar-refractivity contribution is 7.89. The molecule has 0 N–H and O–H groups in total. The van der Waals surface area contributed by atoms with Crippen LogP contribution in [0, 0.1) is 0 Å². The van der Waals surface area contributed by atoms with E-state index in [-0.39, 0.29) is 23.9 Å². The van der Waals surface area contributed by atoms with Crippen molar-refractivity contribution in [3.8, 4) is 11.3 Å². The first-order chi connectivity index (χ1) is 13.6. The van der Waals surface area contributed by atoms with Crippen LogP contribution < -0.4 is 0 Å². The van der Waals surface area contributed by atoms with Gasteiger partial charge < -0.3 is 9.32 Å². The number of carbonyl (C=O) groups is 1.